The predicted molar refractivity (Wildman–Crippen MR) is 111 cm³/mol. The van der Waals surface area contributed by atoms with Crippen LogP contribution in [0, 0.1) is 0 Å². The zero-order chi connectivity index (χ0) is 20.4. The van der Waals surface area contributed by atoms with Gasteiger partial charge in [-0.2, -0.15) is 0 Å². The molecule has 0 unspecified atom stereocenters. The first-order valence-corrected chi connectivity index (χ1v) is 11.6. The van der Waals surface area contributed by atoms with Crippen molar-refractivity contribution in [1.29, 1.82) is 0 Å². The van der Waals surface area contributed by atoms with E-state index in [1.807, 2.05) is 36.4 Å². The van der Waals surface area contributed by atoms with Gasteiger partial charge in [0.25, 0.3) is 8.32 Å². The minimum Gasteiger partial charge on any atom is -0.405 e. The van der Waals surface area contributed by atoms with Gasteiger partial charge in [0.2, 0.25) is 0 Å². The monoisotopic (exact) mass is 402 g/mol. The maximum atomic E-state index is 10.3. The van der Waals surface area contributed by atoms with Crippen molar-refractivity contribution in [3.8, 4) is 0 Å². The number of ether oxygens (including phenoxy) is 1. The summed E-state index contributed by atoms with van der Waals surface area (Å²) in [4.78, 5) is 0. The molecule has 152 valence electrons. The van der Waals surface area contributed by atoms with E-state index in [0.717, 1.165) is 10.4 Å². The van der Waals surface area contributed by atoms with Crippen molar-refractivity contribution in [3.05, 3.63) is 60.7 Å². The topological polar surface area (TPSA) is 79.2 Å². The van der Waals surface area contributed by atoms with Gasteiger partial charge in [-0.15, -0.1) is 0 Å². The lowest BCUT2D eigenvalue weighted by Gasteiger charge is -2.44. The maximum Gasteiger partial charge on any atom is 0.261 e. The van der Waals surface area contributed by atoms with Gasteiger partial charge >= 0.3 is 0 Å². The standard InChI is InChI=1S/C22H30O5Si/c1-22(2,3)28(16-10-6-4-7-11-16,17-12-8-5-9-13-17)27-15-19-21(25)20(24)18(23)14-26-19/h4-13,18-21,23-25H,14-15H2,1-3H3/t18-,19+,20+,21-/m0/s1. The van der Waals surface area contributed by atoms with Crippen LogP contribution < -0.4 is 10.4 Å². The Balaban J connectivity index is 1.99. The molecule has 1 heterocycles. The van der Waals surface area contributed by atoms with Gasteiger partial charge in [0.15, 0.2) is 0 Å². The van der Waals surface area contributed by atoms with Crippen LogP contribution in [0.4, 0.5) is 0 Å². The second-order valence-electron chi connectivity index (χ2n) is 8.39. The molecule has 6 heteroatoms. The number of hydrogen-bond donors (Lipinski definition) is 3. The van der Waals surface area contributed by atoms with Gasteiger partial charge in [-0.3, -0.25) is 0 Å². The van der Waals surface area contributed by atoms with E-state index < -0.39 is 32.7 Å². The highest BCUT2D eigenvalue weighted by Crippen LogP contribution is 2.37. The summed E-state index contributed by atoms with van der Waals surface area (Å²) in [6.45, 7) is 6.65. The molecule has 0 aliphatic carbocycles. The average molecular weight is 403 g/mol. The van der Waals surface area contributed by atoms with Gasteiger partial charge in [-0.05, 0) is 15.4 Å². The summed E-state index contributed by atoms with van der Waals surface area (Å²) in [5.41, 5.74) is 0. The van der Waals surface area contributed by atoms with Crippen LogP contribution in [-0.2, 0) is 9.16 Å². The molecule has 0 radical (unpaired) electrons. The van der Waals surface area contributed by atoms with Crippen LogP contribution in [0.1, 0.15) is 20.8 Å². The number of rotatable bonds is 5. The quantitative estimate of drug-likeness (QED) is 0.652. The molecule has 0 saturated carbocycles. The number of aliphatic hydroxyl groups is 3. The summed E-state index contributed by atoms with van der Waals surface area (Å²) in [6, 6.07) is 20.4. The molecule has 2 aromatic rings. The molecule has 2 aromatic carbocycles. The van der Waals surface area contributed by atoms with Crippen molar-refractivity contribution in [2.75, 3.05) is 13.2 Å². The van der Waals surface area contributed by atoms with Crippen molar-refractivity contribution in [2.24, 2.45) is 0 Å². The van der Waals surface area contributed by atoms with Crippen LogP contribution in [0.2, 0.25) is 5.04 Å². The van der Waals surface area contributed by atoms with E-state index in [2.05, 4.69) is 45.0 Å². The molecular weight excluding hydrogens is 372 g/mol. The zero-order valence-corrected chi connectivity index (χ0v) is 17.7. The molecule has 1 aliphatic rings. The fourth-order valence-corrected chi connectivity index (χ4v) is 8.55. The van der Waals surface area contributed by atoms with E-state index in [0.29, 0.717) is 0 Å². The Hall–Kier alpha value is -1.54. The van der Waals surface area contributed by atoms with E-state index in [1.165, 1.54) is 0 Å². The Kier molecular flexibility index (Phi) is 6.39. The van der Waals surface area contributed by atoms with Crippen molar-refractivity contribution in [3.63, 3.8) is 0 Å². The lowest BCUT2D eigenvalue weighted by molar-refractivity contribution is -0.193. The second-order valence-corrected chi connectivity index (χ2v) is 12.7. The summed E-state index contributed by atoms with van der Waals surface area (Å²) in [7, 11) is -2.74. The van der Waals surface area contributed by atoms with Gasteiger partial charge < -0.3 is 24.5 Å². The molecule has 3 N–H and O–H groups in total. The van der Waals surface area contributed by atoms with Crippen LogP contribution >= 0.6 is 0 Å². The third-order valence-electron chi connectivity index (χ3n) is 5.49. The number of benzene rings is 2. The third-order valence-corrected chi connectivity index (χ3v) is 10.5. The summed E-state index contributed by atoms with van der Waals surface area (Å²) in [5, 5.41) is 32.2. The van der Waals surface area contributed by atoms with Crippen LogP contribution in [-0.4, -0.2) is 61.3 Å². The molecule has 1 saturated heterocycles. The molecular formula is C22H30O5Si. The second kappa shape index (κ2) is 8.45. The zero-order valence-electron chi connectivity index (χ0n) is 16.7. The SMILES string of the molecule is CC(C)(C)[Si](OC[C@H]1OC[C@H](O)[C@@H](O)[C@H]1O)(c1ccccc1)c1ccccc1. The van der Waals surface area contributed by atoms with E-state index in [4.69, 9.17) is 9.16 Å². The van der Waals surface area contributed by atoms with E-state index >= 15 is 0 Å². The fraction of sp³-hybridized carbons (Fsp3) is 0.455. The Morgan fingerprint density at radius 1 is 0.893 bits per heavy atom. The first-order valence-electron chi connectivity index (χ1n) is 9.68. The van der Waals surface area contributed by atoms with Gasteiger partial charge in [-0.25, -0.2) is 0 Å². The normalized spacial score (nSPS) is 26.2. The lowest BCUT2D eigenvalue weighted by atomic mass is 10.0. The molecule has 0 bridgehead atoms. The van der Waals surface area contributed by atoms with Crippen molar-refractivity contribution in [2.45, 2.75) is 50.2 Å². The van der Waals surface area contributed by atoms with Gasteiger partial charge in [-0.1, -0.05) is 81.4 Å². The van der Waals surface area contributed by atoms with Gasteiger partial charge in [0.1, 0.15) is 24.4 Å². The van der Waals surface area contributed by atoms with Crippen LogP contribution in [0.25, 0.3) is 0 Å². The number of hydrogen-bond acceptors (Lipinski definition) is 5. The highest BCUT2D eigenvalue weighted by atomic mass is 28.4. The van der Waals surface area contributed by atoms with E-state index in [-0.39, 0.29) is 18.3 Å². The average Bonchev–Trinajstić information content (AvgIpc) is 2.69. The molecule has 3 rings (SSSR count). The maximum absolute atomic E-state index is 10.3. The molecule has 0 aromatic heterocycles. The first kappa shape index (κ1) is 21.2. The van der Waals surface area contributed by atoms with E-state index in [9.17, 15) is 15.3 Å². The van der Waals surface area contributed by atoms with Crippen LogP contribution in [0.5, 0.6) is 0 Å². The van der Waals surface area contributed by atoms with Gasteiger partial charge in [0.05, 0.1) is 13.2 Å². The molecule has 0 spiro atoms. The summed E-state index contributed by atoms with van der Waals surface area (Å²) in [5.74, 6) is 0. The summed E-state index contributed by atoms with van der Waals surface area (Å²) in [6.07, 6.45) is -4.21. The molecule has 1 fully saturated rings. The fourth-order valence-electron chi connectivity index (χ4n) is 3.98. The number of aliphatic hydroxyl groups excluding tert-OH is 3. The minimum absolute atomic E-state index is 0.0208. The predicted octanol–water partition coefficient (Wildman–Crippen LogP) is 1.04. The largest absolute Gasteiger partial charge is 0.405 e. The smallest absolute Gasteiger partial charge is 0.261 e. The van der Waals surface area contributed by atoms with Gasteiger partial charge in [0, 0.05) is 0 Å². The van der Waals surface area contributed by atoms with Crippen molar-refractivity contribution < 1.29 is 24.5 Å². The Bertz CT molecular complexity index is 707. The Morgan fingerprint density at radius 3 is 1.86 bits per heavy atom. The minimum atomic E-state index is -2.74. The van der Waals surface area contributed by atoms with Crippen LogP contribution in [0.15, 0.2) is 60.7 Å². The molecule has 0 amide bonds. The van der Waals surface area contributed by atoms with E-state index in [1.54, 1.807) is 0 Å². The molecule has 28 heavy (non-hydrogen) atoms. The summed E-state index contributed by atoms with van der Waals surface area (Å²) < 4.78 is 12.3. The molecule has 4 atom stereocenters. The Morgan fingerprint density at radius 2 is 1.39 bits per heavy atom. The highest BCUT2D eigenvalue weighted by Gasteiger charge is 2.51. The lowest BCUT2D eigenvalue weighted by Crippen LogP contribution is -2.68. The first-order chi connectivity index (χ1) is 13.3. The van der Waals surface area contributed by atoms with Crippen molar-refractivity contribution in [1.82, 2.24) is 0 Å². The molecule has 1 aliphatic heterocycles. The highest BCUT2D eigenvalue weighted by molar-refractivity contribution is 6.99. The van der Waals surface area contributed by atoms with Crippen LogP contribution in [0.3, 0.4) is 0 Å². The Labute approximate surface area is 167 Å². The third kappa shape index (κ3) is 3.94. The molecule has 5 nitrogen and oxygen atoms in total. The summed E-state index contributed by atoms with van der Waals surface area (Å²) >= 11 is 0. The van der Waals surface area contributed by atoms with Crippen molar-refractivity contribution >= 4 is 18.7 Å².